The van der Waals surface area contributed by atoms with E-state index in [4.69, 9.17) is 28.4 Å². The molecule has 7 nitrogen and oxygen atoms in total. The third-order valence-corrected chi connectivity index (χ3v) is 7.52. The molecule has 154 valence electrons. The standard InChI is InChI=1S/C20H25BrO7/c1-10-4-5-13-11(2)17(24-16(22)14-6-7-15(21)23-14)25-18-20(13)12(10)8-9-19(3,26-18)27-28-20/h6-7,10-13,17-18H,4-5,8-9H2,1-3H3/t10-,11+,12-,13-,17-,18-,19-,20-/m1/s1. The van der Waals surface area contributed by atoms with E-state index in [9.17, 15) is 4.79 Å². The SMILES string of the molecule is C[C@@H]1[C@H](OC(=O)c2ccc(Br)o2)O[C@@H]2O[C@@]3(C)CC[C@@H]4[C@H](C)CC[C@H]1[C@@]24OO3. The van der Waals surface area contributed by atoms with Gasteiger partial charge in [0.05, 0.1) is 0 Å². The van der Waals surface area contributed by atoms with Gasteiger partial charge in [-0.3, -0.25) is 0 Å². The molecular formula is C20H25BrO7. The molecule has 0 unspecified atom stereocenters. The second kappa shape index (κ2) is 6.54. The summed E-state index contributed by atoms with van der Waals surface area (Å²) < 4.78 is 24.0. The summed E-state index contributed by atoms with van der Waals surface area (Å²) in [6.07, 6.45) is 2.38. The fourth-order valence-electron chi connectivity index (χ4n) is 5.59. The number of furan rings is 1. The number of carbonyl (C=O) groups is 1. The topological polar surface area (TPSA) is 76.4 Å². The summed E-state index contributed by atoms with van der Waals surface area (Å²) in [6, 6.07) is 3.23. The predicted molar refractivity (Wildman–Crippen MR) is 98.7 cm³/mol. The van der Waals surface area contributed by atoms with Crippen LogP contribution in [0.1, 0.15) is 57.0 Å². The Morgan fingerprint density at radius 3 is 2.75 bits per heavy atom. The van der Waals surface area contributed by atoms with Crippen molar-refractivity contribution in [3.63, 3.8) is 0 Å². The minimum atomic E-state index is -0.849. The summed E-state index contributed by atoms with van der Waals surface area (Å²) >= 11 is 3.20. The van der Waals surface area contributed by atoms with Crippen molar-refractivity contribution in [3.05, 3.63) is 22.6 Å². The van der Waals surface area contributed by atoms with E-state index in [2.05, 4.69) is 22.9 Å². The quantitative estimate of drug-likeness (QED) is 0.481. The molecule has 0 amide bonds. The molecule has 0 aromatic carbocycles. The summed E-state index contributed by atoms with van der Waals surface area (Å²) in [5.41, 5.74) is -0.663. The molecule has 1 aliphatic carbocycles. The number of ether oxygens (including phenoxy) is 3. The Labute approximate surface area is 172 Å². The van der Waals surface area contributed by atoms with E-state index in [0.717, 1.165) is 25.7 Å². The predicted octanol–water partition coefficient (Wildman–Crippen LogP) is 4.41. The fraction of sp³-hybridized carbons (Fsp3) is 0.750. The fourth-order valence-corrected chi connectivity index (χ4v) is 5.90. The Hall–Kier alpha value is -0.930. The van der Waals surface area contributed by atoms with E-state index in [1.165, 1.54) is 0 Å². The minimum Gasteiger partial charge on any atom is -0.442 e. The van der Waals surface area contributed by atoms with Crippen LogP contribution >= 0.6 is 15.9 Å². The first-order valence-electron chi connectivity index (χ1n) is 9.99. The zero-order valence-electron chi connectivity index (χ0n) is 16.2. The van der Waals surface area contributed by atoms with Gasteiger partial charge in [0.1, 0.15) is 0 Å². The number of fused-ring (bicyclic) bond motifs is 2. The molecule has 5 heterocycles. The van der Waals surface area contributed by atoms with Crippen LogP contribution in [0.4, 0.5) is 0 Å². The second-order valence-corrected chi connectivity index (χ2v) is 9.56. The van der Waals surface area contributed by atoms with E-state index in [0.29, 0.717) is 10.6 Å². The third-order valence-electron chi connectivity index (χ3n) is 7.09. The molecular weight excluding hydrogens is 432 g/mol. The van der Waals surface area contributed by atoms with Gasteiger partial charge in [-0.25, -0.2) is 14.6 Å². The average molecular weight is 457 g/mol. The molecule has 1 aromatic heterocycles. The lowest BCUT2D eigenvalue weighted by molar-refractivity contribution is -0.576. The Bertz CT molecular complexity index is 780. The first-order chi connectivity index (χ1) is 13.3. The van der Waals surface area contributed by atoms with Crippen molar-refractivity contribution in [2.24, 2.45) is 23.7 Å². The van der Waals surface area contributed by atoms with Crippen LogP contribution in [-0.2, 0) is 24.0 Å². The Balaban J connectivity index is 1.45. The molecule has 0 N–H and O–H groups in total. The Kier molecular flexibility index (Phi) is 4.45. The lowest BCUT2D eigenvalue weighted by atomic mass is 9.58. The normalized spacial score (nSPS) is 47.3. The highest BCUT2D eigenvalue weighted by Gasteiger charge is 2.69. The zero-order valence-corrected chi connectivity index (χ0v) is 17.8. The number of esters is 1. The molecule has 6 rings (SSSR count). The number of halogens is 1. The van der Waals surface area contributed by atoms with Gasteiger partial charge in [0, 0.05) is 18.3 Å². The maximum Gasteiger partial charge on any atom is 0.376 e. The van der Waals surface area contributed by atoms with Crippen LogP contribution in [0.25, 0.3) is 0 Å². The van der Waals surface area contributed by atoms with Gasteiger partial charge >= 0.3 is 5.97 Å². The highest BCUT2D eigenvalue weighted by Crippen LogP contribution is 2.60. The molecule has 1 spiro atoms. The summed E-state index contributed by atoms with van der Waals surface area (Å²) in [5, 5.41) is 0. The first kappa shape index (κ1) is 19.1. The molecule has 2 bridgehead atoms. The molecule has 5 aliphatic rings. The van der Waals surface area contributed by atoms with Gasteiger partial charge in [-0.05, 0) is 66.1 Å². The largest absolute Gasteiger partial charge is 0.442 e. The van der Waals surface area contributed by atoms with Crippen LogP contribution in [0.15, 0.2) is 21.2 Å². The van der Waals surface area contributed by atoms with Gasteiger partial charge in [-0.15, -0.1) is 0 Å². The monoisotopic (exact) mass is 456 g/mol. The number of rotatable bonds is 2. The van der Waals surface area contributed by atoms with Gasteiger partial charge in [-0.2, -0.15) is 0 Å². The third kappa shape index (κ3) is 2.72. The Morgan fingerprint density at radius 1 is 1.18 bits per heavy atom. The van der Waals surface area contributed by atoms with Gasteiger partial charge in [0.2, 0.25) is 17.8 Å². The van der Waals surface area contributed by atoms with Gasteiger partial charge in [0.15, 0.2) is 16.6 Å². The molecule has 28 heavy (non-hydrogen) atoms. The zero-order chi connectivity index (χ0) is 19.7. The molecule has 1 saturated carbocycles. The molecule has 8 heteroatoms. The van der Waals surface area contributed by atoms with Crippen LogP contribution in [0, 0.1) is 23.7 Å². The van der Waals surface area contributed by atoms with E-state index in [1.54, 1.807) is 12.1 Å². The van der Waals surface area contributed by atoms with Crippen molar-refractivity contribution in [2.45, 2.75) is 70.4 Å². The van der Waals surface area contributed by atoms with E-state index >= 15 is 0 Å². The lowest BCUT2D eigenvalue weighted by Gasteiger charge is -2.59. The first-order valence-corrected chi connectivity index (χ1v) is 10.8. The minimum absolute atomic E-state index is 0.0664. The molecule has 4 saturated heterocycles. The summed E-state index contributed by atoms with van der Waals surface area (Å²) in [7, 11) is 0. The van der Waals surface area contributed by atoms with Crippen molar-refractivity contribution in [1.82, 2.24) is 0 Å². The van der Waals surface area contributed by atoms with E-state index < -0.39 is 29.9 Å². The van der Waals surface area contributed by atoms with Crippen LogP contribution in [0.2, 0.25) is 0 Å². The summed E-state index contributed by atoms with van der Waals surface area (Å²) in [5.74, 6) is -0.463. The molecule has 1 aromatic rings. The van der Waals surface area contributed by atoms with Crippen LogP contribution < -0.4 is 0 Å². The lowest BCUT2D eigenvalue weighted by Crippen LogP contribution is -2.70. The molecule has 8 atom stereocenters. The maximum atomic E-state index is 12.5. The van der Waals surface area contributed by atoms with E-state index in [-0.39, 0.29) is 23.5 Å². The van der Waals surface area contributed by atoms with E-state index in [1.807, 2.05) is 13.8 Å². The molecule has 5 fully saturated rings. The van der Waals surface area contributed by atoms with Crippen molar-refractivity contribution in [1.29, 1.82) is 0 Å². The second-order valence-electron chi connectivity index (χ2n) is 8.78. The molecule has 0 radical (unpaired) electrons. The number of hydrogen-bond acceptors (Lipinski definition) is 7. The smallest absolute Gasteiger partial charge is 0.376 e. The van der Waals surface area contributed by atoms with Gasteiger partial charge < -0.3 is 18.6 Å². The van der Waals surface area contributed by atoms with Gasteiger partial charge in [0.25, 0.3) is 0 Å². The van der Waals surface area contributed by atoms with Gasteiger partial charge in [-0.1, -0.05) is 13.8 Å². The maximum absolute atomic E-state index is 12.5. The van der Waals surface area contributed by atoms with Crippen molar-refractivity contribution in [2.75, 3.05) is 0 Å². The highest BCUT2D eigenvalue weighted by atomic mass is 79.9. The molecule has 4 aliphatic heterocycles. The Morgan fingerprint density at radius 2 is 2.00 bits per heavy atom. The van der Waals surface area contributed by atoms with Crippen LogP contribution in [-0.4, -0.2) is 29.9 Å². The van der Waals surface area contributed by atoms with Crippen LogP contribution in [0.5, 0.6) is 0 Å². The van der Waals surface area contributed by atoms with Crippen molar-refractivity contribution < 1.29 is 33.2 Å². The summed E-state index contributed by atoms with van der Waals surface area (Å²) in [6.45, 7) is 6.18. The highest BCUT2D eigenvalue weighted by molar-refractivity contribution is 9.10. The van der Waals surface area contributed by atoms with Crippen molar-refractivity contribution in [3.8, 4) is 0 Å². The summed E-state index contributed by atoms with van der Waals surface area (Å²) in [4.78, 5) is 24.4. The van der Waals surface area contributed by atoms with Crippen LogP contribution in [0.3, 0.4) is 0 Å². The average Bonchev–Trinajstić information content (AvgIpc) is 2.97. The number of hydrogen-bond donors (Lipinski definition) is 0. The number of carbonyl (C=O) groups excluding carboxylic acids is 1. The van der Waals surface area contributed by atoms with Crippen molar-refractivity contribution >= 4 is 21.9 Å².